The molecule has 9 nitrogen and oxygen atoms in total. The second-order valence-electron chi connectivity index (χ2n) is 8.55. The molecular formula is C26H27N7O2. The second kappa shape index (κ2) is 9.99. The maximum Gasteiger partial charge on any atom is 0.124 e. The van der Waals surface area contributed by atoms with E-state index in [4.69, 9.17) is 14.5 Å². The Morgan fingerprint density at radius 2 is 1.91 bits per heavy atom. The number of methoxy groups -OCH3 is 2. The molecule has 178 valence electrons. The van der Waals surface area contributed by atoms with Crippen molar-refractivity contribution < 1.29 is 9.47 Å². The highest BCUT2D eigenvalue weighted by atomic mass is 16.5. The zero-order valence-electron chi connectivity index (χ0n) is 19.8. The Kier molecular flexibility index (Phi) is 6.46. The third-order valence-corrected chi connectivity index (χ3v) is 6.37. The maximum atomic E-state index is 9.29. The molecule has 35 heavy (non-hydrogen) atoms. The first-order valence-corrected chi connectivity index (χ1v) is 11.6. The van der Waals surface area contributed by atoms with Gasteiger partial charge in [0.2, 0.25) is 0 Å². The molecule has 1 atom stereocenters. The first-order chi connectivity index (χ1) is 17.2. The number of nitrogens with one attached hydrogen (secondary N) is 1. The molecule has 1 aliphatic heterocycles. The van der Waals surface area contributed by atoms with Crippen molar-refractivity contribution in [1.29, 1.82) is 5.26 Å². The summed E-state index contributed by atoms with van der Waals surface area (Å²) < 4.78 is 11.1. The molecule has 1 N–H and O–H groups in total. The average Bonchev–Trinajstić information content (AvgIpc) is 3.60. The van der Waals surface area contributed by atoms with Crippen LogP contribution in [0.2, 0.25) is 0 Å². The van der Waals surface area contributed by atoms with Crippen molar-refractivity contribution in [2.75, 3.05) is 45.3 Å². The summed E-state index contributed by atoms with van der Waals surface area (Å²) in [7, 11) is 3.30. The highest BCUT2D eigenvalue weighted by Gasteiger charge is 2.23. The molecule has 0 amide bonds. The molecule has 0 radical (unpaired) electrons. The van der Waals surface area contributed by atoms with Gasteiger partial charge in [-0.3, -0.25) is 10.1 Å². The summed E-state index contributed by atoms with van der Waals surface area (Å²) in [5.74, 6) is 1.55. The predicted octanol–water partition coefficient (Wildman–Crippen LogP) is 4.02. The van der Waals surface area contributed by atoms with Gasteiger partial charge in [-0.25, -0.2) is 4.98 Å². The molecule has 9 heteroatoms. The number of aromatic nitrogens is 4. The second-order valence-corrected chi connectivity index (χ2v) is 8.55. The van der Waals surface area contributed by atoms with Crippen LogP contribution in [0.15, 0.2) is 55.0 Å². The number of likely N-dealkylation sites (tertiary alicyclic amines) is 1. The lowest BCUT2D eigenvalue weighted by Gasteiger charge is -2.28. The molecule has 4 aromatic rings. The Balaban J connectivity index is 1.52. The number of fused-ring (bicyclic) bond motifs is 1. The van der Waals surface area contributed by atoms with Crippen molar-refractivity contribution in [1.82, 2.24) is 25.1 Å². The van der Waals surface area contributed by atoms with Gasteiger partial charge in [0.05, 0.1) is 55.3 Å². The van der Waals surface area contributed by atoms with Crippen molar-refractivity contribution in [3.8, 4) is 28.8 Å². The zero-order valence-corrected chi connectivity index (χ0v) is 19.8. The molecule has 1 aliphatic rings. The van der Waals surface area contributed by atoms with Gasteiger partial charge in [0, 0.05) is 61.0 Å². The average molecular weight is 470 g/mol. The lowest BCUT2D eigenvalue weighted by atomic mass is 10.1. The highest BCUT2D eigenvalue weighted by Crippen LogP contribution is 2.34. The van der Waals surface area contributed by atoms with Crippen LogP contribution in [0.5, 0.6) is 11.5 Å². The predicted molar refractivity (Wildman–Crippen MR) is 134 cm³/mol. The Hall–Kier alpha value is -4.16. The molecule has 0 aliphatic carbocycles. The van der Waals surface area contributed by atoms with Crippen molar-refractivity contribution in [3.63, 3.8) is 0 Å². The van der Waals surface area contributed by atoms with Crippen LogP contribution >= 0.6 is 0 Å². The minimum Gasteiger partial charge on any atom is -0.497 e. The number of hydrogen-bond acceptors (Lipinski definition) is 8. The van der Waals surface area contributed by atoms with Crippen LogP contribution < -0.4 is 14.4 Å². The van der Waals surface area contributed by atoms with Gasteiger partial charge in [-0.1, -0.05) is 0 Å². The van der Waals surface area contributed by atoms with E-state index in [1.807, 2.05) is 24.3 Å². The fraction of sp³-hybridized carbons (Fsp3) is 0.308. The van der Waals surface area contributed by atoms with Crippen LogP contribution in [0.3, 0.4) is 0 Å². The Morgan fingerprint density at radius 1 is 1.09 bits per heavy atom. The van der Waals surface area contributed by atoms with Crippen molar-refractivity contribution >= 4 is 22.4 Å². The number of anilines is 2. The molecule has 0 bridgehead atoms. The van der Waals surface area contributed by atoms with Crippen LogP contribution in [0, 0.1) is 17.2 Å². The number of nitrogens with zero attached hydrogens (tertiary/aromatic N) is 6. The maximum absolute atomic E-state index is 9.29. The van der Waals surface area contributed by atoms with Crippen LogP contribution in [0.4, 0.5) is 11.4 Å². The van der Waals surface area contributed by atoms with Gasteiger partial charge in [0.25, 0.3) is 0 Å². The highest BCUT2D eigenvalue weighted by molar-refractivity contribution is 5.82. The molecule has 0 saturated carbocycles. The topological polar surface area (TPSA) is 103 Å². The Labute approximate surface area is 203 Å². The van der Waals surface area contributed by atoms with Crippen LogP contribution in [0.25, 0.3) is 22.3 Å². The van der Waals surface area contributed by atoms with E-state index in [9.17, 15) is 5.26 Å². The summed E-state index contributed by atoms with van der Waals surface area (Å²) in [5, 5.41) is 16.1. The van der Waals surface area contributed by atoms with E-state index in [0.29, 0.717) is 0 Å². The fourth-order valence-electron chi connectivity index (χ4n) is 4.44. The van der Waals surface area contributed by atoms with Gasteiger partial charge in [-0.15, -0.1) is 0 Å². The summed E-state index contributed by atoms with van der Waals surface area (Å²) in [6.07, 6.45) is 6.22. The normalized spacial score (nSPS) is 15.7. The van der Waals surface area contributed by atoms with Crippen molar-refractivity contribution in [2.45, 2.75) is 6.42 Å². The Morgan fingerprint density at radius 3 is 2.60 bits per heavy atom. The van der Waals surface area contributed by atoms with Crippen LogP contribution in [0.1, 0.15) is 6.42 Å². The summed E-state index contributed by atoms with van der Waals surface area (Å²) >= 11 is 0. The molecule has 0 spiro atoms. The number of aromatic amines is 1. The number of H-pyrrole nitrogens is 1. The number of ether oxygens (including phenoxy) is 2. The molecular weight excluding hydrogens is 442 g/mol. The smallest absolute Gasteiger partial charge is 0.124 e. The lowest BCUT2D eigenvalue weighted by molar-refractivity contribution is 0.341. The summed E-state index contributed by atoms with van der Waals surface area (Å²) in [4.78, 5) is 14.0. The molecule has 1 unspecified atom stereocenters. The van der Waals surface area contributed by atoms with E-state index < -0.39 is 0 Å². The number of hydrogen-bond donors (Lipinski definition) is 1. The van der Waals surface area contributed by atoms with Gasteiger partial charge in [-0.2, -0.15) is 10.4 Å². The van der Waals surface area contributed by atoms with Gasteiger partial charge in [0.15, 0.2) is 0 Å². The van der Waals surface area contributed by atoms with E-state index in [-0.39, 0.29) is 5.92 Å². The SMILES string of the molecule is COc1cc(OC)cc(N(CCN2CCC(C#N)C2)c2ccc3ncc(-c4cn[nH]c4)nc3c2)c1. The molecule has 1 fully saturated rings. The molecule has 2 aromatic carbocycles. The third-order valence-electron chi connectivity index (χ3n) is 6.37. The lowest BCUT2D eigenvalue weighted by Crippen LogP contribution is -2.31. The van der Waals surface area contributed by atoms with Gasteiger partial charge < -0.3 is 19.3 Å². The largest absolute Gasteiger partial charge is 0.497 e. The molecule has 5 rings (SSSR count). The van der Waals surface area contributed by atoms with Crippen LogP contribution in [-0.2, 0) is 0 Å². The number of benzene rings is 2. The van der Waals surface area contributed by atoms with E-state index in [2.05, 4.69) is 43.2 Å². The van der Waals surface area contributed by atoms with Gasteiger partial charge >= 0.3 is 0 Å². The third kappa shape index (κ3) is 4.88. The van der Waals surface area contributed by atoms with Crippen LogP contribution in [-0.4, -0.2) is 65.5 Å². The van der Waals surface area contributed by atoms with E-state index in [1.54, 1.807) is 32.8 Å². The van der Waals surface area contributed by atoms with Gasteiger partial charge in [-0.05, 0) is 31.2 Å². The van der Waals surface area contributed by atoms with Gasteiger partial charge in [0.1, 0.15) is 11.5 Å². The number of nitriles is 1. The van der Waals surface area contributed by atoms with E-state index in [1.165, 1.54) is 0 Å². The summed E-state index contributed by atoms with van der Waals surface area (Å²) in [5.41, 5.74) is 5.21. The minimum absolute atomic E-state index is 0.109. The van der Waals surface area contributed by atoms with Crippen molar-refractivity contribution in [3.05, 3.63) is 55.0 Å². The molecule has 2 aromatic heterocycles. The summed E-state index contributed by atoms with van der Waals surface area (Å²) in [6, 6.07) is 14.4. The number of rotatable bonds is 8. The minimum atomic E-state index is 0.109. The molecule has 3 heterocycles. The Bertz CT molecular complexity index is 1330. The standard InChI is InChI=1S/C26H27N7O2/c1-34-22-9-21(10-23(12-22)35-2)33(8-7-32-6-5-18(13-27)17-32)20-3-4-24-25(11-20)31-26(16-28-24)19-14-29-30-15-19/h3-4,9-12,14-16,18H,5-8,17H2,1-2H3,(H,29,30). The fourth-order valence-corrected chi connectivity index (χ4v) is 4.44. The monoisotopic (exact) mass is 469 g/mol. The van der Waals surface area contributed by atoms with E-state index >= 15 is 0 Å². The van der Waals surface area contributed by atoms with E-state index in [0.717, 1.165) is 77.8 Å². The molecule has 1 saturated heterocycles. The quantitative estimate of drug-likeness (QED) is 0.413. The summed E-state index contributed by atoms with van der Waals surface area (Å²) in [6.45, 7) is 3.30. The first-order valence-electron chi connectivity index (χ1n) is 11.6. The first kappa shape index (κ1) is 22.6. The van der Waals surface area contributed by atoms with Crippen molar-refractivity contribution in [2.24, 2.45) is 5.92 Å². The zero-order chi connectivity index (χ0) is 24.2.